The Labute approximate surface area is 127 Å². The van der Waals surface area contributed by atoms with Gasteiger partial charge in [0.15, 0.2) is 0 Å². The van der Waals surface area contributed by atoms with Crippen LogP contribution in [0.15, 0.2) is 23.1 Å². The van der Waals surface area contributed by atoms with E-state index < -0.39 is 10.0 Å². The summed E-state index contributed by atoms with van der Waals surface area (Å²) in [5.74, 6) is 1.43. The van der Waals surface area contributed by atoms with Crippen LogP contribution >= 0.6 is 0 Å². The Kier molecular flexibility index (Phi) is 4.91. The summed E-state index contributed by atoms with van der Waals surface area (Å²) in [6, 6.07) is 4.93. The fourth-order valence-corrected chi connectivity index (χ4v) is 4.29. The van der Waals surface area contributed by atoms with Crippen molar-refractivity contribution < 1.29 is 13.2 Å². The van der Waals surface area contributed by atoms with Gasteiger partial charge in [0.2, 0.25) is 10.0 Å². The molecule has 21 heavy (non-hydrogen) atoms. The van der Waals surface area contributed by atoms with E-state index in [9.17, 15) is 8.42 Å². The third kappa shape index (κ3) is 3.22. The van der Waals surface area contributed by atoms with Crippen LogP contribution in [0.1, 0.15) is 26.3 Å². The van der Waals surface area contributed by atoms with Crippen molar-refractivity contribution in [3.8, 4) is 5.75 Å². The first-order chi connectivity index (χ1) is 9.90. The van der Waals surface area contributed by atoms with E-state index in [0.29, 0.717) is 42.2 Å². The average Bonchev–Trinajstić information content (AvgIpc) is 2.80. The number of benzene rings is 1. The van der Waals surface area contributed by atoms with Gasteiger partial charge in [0, 0.05) is 25.2 Å². The summed E-state index contributed by atoms with van der Waals surface area (Å²) >= 11 is 0. The van der Waals surface area contributed by atoms with E-state index in [1.807, 2.05) is 6.92 Å². The van der Waals surface area contributed by atoms with E-state index in [2.05, 4.69) is 13.8 Å². The SMILES string of the molecule is CCOc1ccc(S(=O)(=O)N2CC(C)C(C)C2)cc1CN. The normalized spacial score (nSPS) is 23.4. The Morgan fingerprint density at radius 1 is 1.29 bits per heavy atom. The van der Waals surface area contributed by atoms with Crippen LogP contribution in [0.3, 0.4) is 0 Å². The monoisotopic (exact) mass is 312 g/mol. The van der Waals surface area contributed by atoms with Gasteiger partial charge >= 0.3 is 0 Å². The molecule has 0 aliphatic carbocycles. The predicted octanol–water partition coefficient (Wildman–Crippen LogP) is 1.82. The van der Waals surface area contributed by atoms with Crippen LogP contribution in [-0.2, 0) is 16.6 Å². The number of nitrogens with two attached hydrogens (primary N) is 1. The molecule has 6 heteroatoms. The molecular formula is C15H24N2O3S. The maximum Gasteiger partial charge on any atom is 0.243 e. The Bertz CT molecular complexity index is 591. The van der Waals surface area contributed by atoms with E-state index in [0.717, 1.165) is 5.56 Å². The van der Waals surface area contributed by atoms with Gasteiger partial charge in [-0.1, -0.05) is 13.8 Å². The molecule has 2 rings (SSSR count). The number of ether oxygens (including phenoxy) is 1. The zero-order valence-electron chi connectivity index (χ0n) is 12.9. The van der Waals surface area contributed by atoms with Crippen molar-refractivity contribution in [2.45, 2.75) is 32.2 Å². The van der Waals surface area contributed by atoms with Gasteiger partial charge in [0.1, 0.15) is 5.75 Å². The molecule has 0 amide bonds. The number of rotatable bonds is 5. The smallest absolute Gasteiger partial charge is 0.243 e. The first-order valence-corrected chi connectivity index (χ1v) is 8.80. The Morgan fingerprint density at radius 2 is 1.90 bits per heavy atom. The molecule has 2 unspecified atom stereocenters. The van der Waals surface area contributed by atoms with Gasteiger partial charge in [-0.05, 0) is 37.0 Å². The van der Waals surface area contributed by atoms with Crippen LogP contribution in [0.2, 0.25) is 0 Å². The fraction of sp³-hybridized carbons (Fsp3) is 0.600. The lowest BCUT2D eigenvalue weighted by atomic mass is 10.0. The van der Waals surface area contributed by atoms with Crippen LogP contribution in [-0.4, -0.2) is 32.4 Å². The van der Waals surface area contributed by atoms with Crippen molar-refractivity contribution in [3.63, 3.8) is 0 Å². The maximum atomic E-state index is 12.7. The second-order valence-electron chi connectivity index (χ2n) is 5.68. The van der Waals surface area contributed by atoms with Gasteiger partial charge < -0.3 is 10.5 Å². The van der Waals surface area contributed by atoms with Crippen LogP contribution in [0.5, 0.6) is 5.75 Å². The summed E-state index contributed by atoms with van der Waals surface area (Å²) in [6.07, 6.45) is 0. The molecule has 1 aliphatic rings. The molecule has 0 aromatic heterocycles. The molecule has 1 aromatic carbocycles. The molecule has 1 heterocycles. The number of nitrogens with zero attached hydrogens (tertiary/aromatic N) is 1. The predicted molar refractivity (Wildman–Crippen MR) is 82.6 cm³/mol. The topological polar surface area (TPSA) is 72.6 Å². The molecule has 2 N–H and O–H groups in total. The van der Waals surface area contributed by atoms with Gasteiger partial charge in [-0.3, -0.25) is 0 Å². The van der Waals surface area contributed by atoms with Crippen molar-refractivity contribution in [3.05, 3.63) is 23.8 Å². The molecule has 0 bridgehead atoms. The highest BCUT2D eigenvalue weighted by atomic mass is 32.2. The van der Waals surface area contributed by atoms with E-state index >= 15 is 0 Å². The highest BCUT2D eigenvalue weighted by Gasteiger charge is 2.35. The van der Waals surface area contributed by atoms with Gasteiger partial charge in [0.25, 0.3) is 0 Å². The van der Waals surface area contributed by atoms with Crippen LogP contribution < -0.4 is 10.5 Å². The van der Waals surface area contributed by atoms with E-state index in [-0.39, 0.29) is 6.54 Å². The second-order valence-corrected chi connectivity index (χ2v) is 7.62. The minimum Gasteiger partial charge on any atom is -0.494 e. The first-order valence-electron chi connectivity index (χ1n) is 7.36. The minimum atomic E-state index is -3.45. The van der Waals surface area contributed by atoms with Gasteiger partial charge in [-0.15, -0.1) is 0 Å². The van der Waals surface area contributed by atoms with Crippen molar-refractivity contribution in [1.29, 1.82) is 0 Å². The highest BCUT2D eigenvalue weighted by Crippen LogP contribution is 2.30. The van der Waals surface area contributed by atoms with Gasteiger partial charge in [-0.25, -0.2) is 8.42 Å². The lowest BCUT2D eigenvalue weighted by Gasteiger charge is -2.18. The van der Waals surface area contributed by atoms with E-state index in [1.165, 1.54) is 0 Å². The van der Waals surface area contributed by atoms with Gasteiger partial charge in [-0.2, -0.15) is 4.31 Å². The number of sulfonamides is 1. The maximum absolute atomic E-state index is 12.7. The standard InChI is InChI=1S/C15H24N2O3S/c1-4-20-15-6-5-14(7-13(15)8-16)21(18,19)17-9-11(2)12(3)10-17/h5-7,11-12H,4,8-10,16H2,1-3H3. The summed E-state index contributed by atoms with van der Waals surface area (Å²) in [5.41, 5.74) is 6.42. The molecule has 1 saturated heterocycles. The molecule has 2 atom stereocenters. The van der Waals surface area contributed by atoms with Crippen LogP contribution in [0.25, 0.3) is 0 Å². The third-order valence-corrected chi connectivity index (χ3v) is 5.97. The molecule has 118 valence electrons. The van der Waals surface area contributed by atoms with Crippen LogP contribution in [0, 0.1) is 11.8 Å². The number of hydrogen-bond donors (Lipinski definition) is 1. The van der Waals surface area contributed by atoms with Crippen molar-refractivity contribution >= 4 is 10.0 Å². The van der Waals surface area contributed by atoms with E-state index in [4.69, 9.17) is 10.5 Å². The first kappa shape index (κ1) is 16.3. The van der Waals surface area contributed by atoms with E-state index in [1.54, 1.807) is 22.5 Å². The molecule has 0 spiro atoms. The molecule has 1 aliphatic heterocycles. The lowest BCUT2D eigenvalue weighted by Crippen LogP contribution is -2.29. The molecule has 5 nitrogen and oxygen atoms in total. The summed E-state index contributed by atoms with van der Waals surface area (Å²) in [5, 5.41) is 0. The summed E-state index contributed by atoms with van der Waals surface area (Å²) < 4.78 is 32.4. The van der Waals surface area contributed by atoms with Crippen molar-refractivity contribution in [2.24, 2.45) is 17.6 Å². The summed E-state index contributed by atoms with van der Waals surface area (Å²) in [6.45, 7) is 8.00. The Balaban J connectivity index is 2.32. The lowest BCUT2D eigenvalue weighted by molar-refractivity contribution is 0.336. The highest BCUT2D eigenvalue weighted by molar-refractivity contribution is 7.89. The van der Waals surface area contributed by atoms with Crippen LogP contribution in [0.4, 0.5) is 0 Å². The third-order valence-electron chi connectivity index (χ3n) is 4.14. The summed E-state index contributed by atoms with van der Waals surface area (Å²) in [4.78, 5) is 0.299. The average molecular weight is 312 g/mol. The second kappa shape index (κ2) is 6.34. The Morgan fingerprint density at radius 3 is 2.43 bits per heavy atom. The molecule has 1 fully saturated rings. The molecule has 0 saturated carbocycles. The minimum absolute atomic E-state index is 0.255. The quantitative estimate of drug-likeness (QED) is 0.900. The fourth-order valence-electron chi connectivity index (χ4n) is 2.59. The molecule has 1 aromatic rings. The summed E-state index contributed by atoms with van der Waals surface area (Å²) in [7, 11) is -3.45. The van der Waals surface area contributed by atoms with Crippen molar-refractivity contribution in [1.82, 2.24) is 4.31 Å². The molecule has 0 radical (unpaired) electrons. The Hall–Kier alpha value is -1.11. The zero-order valence-corrected chi connectivity index (χ0v) is 13.7. The van der Waals surface area contributed by atoms with Crippen molar-refractivity contribution in [2.75, 3.05) is 19.7 Å². The zero-order chi connectivity index (χ0) is 15.6. The number of hydrogen-bond acceptors (Lipinski definition) is 4. The largest absolute Gasteiger partial charge is 0.494 e. The molecular weight excluding hydrogens is 288 g/mol. The van der Waals surface area contributed by atoms with Gasteiger partial charge in [0.05, 0.1) is 11.5 Å².